The van der Waals surface area contributed by atoms with E-state index >= 15 is 0 Å². The summed E-state index contributed by atoms with van der Waals surface area (Å²) in [5, 5.41) is 9.51. The number of carbonyl (C=O) groups is 2. The molecule has 0 bridgehead atoms. The molecule has 8 heteroatoms. The molecule has 3 rings (SSSR count). The number of fused-ring (bicyclic) bond motifs is 1. The molecule has 0 aliphatic carbocycles. The van der Waals surface area contributed by atoms with Crippen LogP contribution in [0.1, 0.15) is 12.0 Å². The van der Waals surface area contributed by atoms with Crippen molar-refractivity contribution in [2.24, 2.45) is 0 Å². The van der Waals surface area contributed by atoms with Crippen molar-refractivity contribution in [2.45, 2.75) is 26.0 Å². The minimum Gasteiger partial charge on any atom is -0.479 e. The van der Waals surface area contributed by atoms with E-state index in [9.17, 15) is 14.4 Å². The average molecular weight is 345 g/mol. The number of carboxylic acid groups (broad SMARTS) is 1. The molecule has 1 fully saturated rings. The fraction of sp³-hybridized carbons (Fsp3) is 0.412. The number of ether oxygens (including phenoxy) is 1. The van der Waals surface area contributed by atoms with Crippen LogP contribution in [0.15, 0.2) is 29.3 Å². The number of nitrogens with zero attached hydrogens (tertiary/aromatic N) is 3. The monoisotopic (exact) mass is 345 g/mol. The topological polar surface area (TPSA) is 102 Å². The van der Waals surface area contributed by atoms with Crippen LogP contribution in [0.5, 0.6) is 0 Å². The Hall–Kier alpha value is -2.74. The predicted molar refractivity (Wildman–Crippen MR) is 89.3 cm³/mol. The van der Waals surface area contributed by atoms with Crippen LogP contribution in [0.4, 0.5) is 0 Å². The SMILES string of the molecule is Cc1cccc2c(=O)n(CCC(=O)N3CCOC(C(=O)O)C3)cnc12. The summed E-state index contributed by atoms with van der Waals surface area (Å²) in [5.74, 6) is -1.28. The molecule has 2 heterocycles. The molecular weight excluding hydrogens is 326 g/mol. The lowest BCUT2D eigenvalue weighted by atomic mass is 10.1. The number of hydrogen-bond donors (Lipinski definition) is 1. The molecule has 1 aliphatic heterocycles. The van der Waals surface area contributed by atoms with E-state index in [0.29, 0.717) is 17.4 Å². The summed E-state index contributed by atoms with van der Waals surface area (Å²) in [4.78, 5) is 41.6. The Morgan fingerprint density at radius 1 is 1.40 bits per heavy atom. The molecular formula is C17H19N3O5. The van der Waals surface area contributed by atoms with Crippen LogP contribution >= 0.6 is 0 Å². The first kappa shape index (κ1) is 17.1. The molecule has 1 amide bonds. The second-order valence-corrected chi connectivity index (χ2v) is 6.00. The van der Waals surface area contributed by atoms with E-state index in [1.165, 1.54) is 15.8 Å². The Labute approximate surface area is 143 Å². The maximum Gasteiger partial charge on any atom is 0.334 e. The molecule has 25 heavy (non-hydrogen) atoms. The van der Waals surface area contributed by atoms with Crippen LogP contribution in [0, 0.1) is 6.92 Å². The third-order valence-electron chi connectivity index (χ3n) is 4.32. The lowest BCUT2D eigenvalue weighted by Gasteiger charge is -2.31. The molecule has 1 N–H and O–H groups in total. The summed E-state index contributed by atoms with van der Waals surface area (Å²) in [6.07, 6.45) is 0.556. The predicted octanol–water partition coefficient (Wildman–Crippen LogP) is 0.407. The van der Waals surface area contributed by atoms with Gasteiger partial charge in [-0.3, -0.25) is 14.2 Å². The standard InChI is InChI=1S/C17H19N3O5/c1-11-3-2-4-12-15(11)18-10-20(16(12)22)6-5-14(21)19-7-8-25-13(9-19)17(23)24/h2-4,10,13H,5-9H2,1H3,(H,23,24). The zero-order valence-electron chi connectivity index (χ0n) is 13.8. The van der Waals surface area contributed by atoms with Crippen LogP contribution < -0.4 is 5.56 Å². The number of rotatable bonds is 4. The van der Waals surface area contributed by atoms with E-state index in [1.807, 2.05) is 13.0 Å². The van der Waals surface area contributed by atoms with Gasteiger partial charge in [-0.25, -0.2) is 9.78 Å². The number of carbonyl (C=O) groups excluding carboxylic acids is 1. The number of morpholine rings is 1. The normalized spacial score (nSPS) is 17.6. The first-order chi connectivity index (χ1) is 12.0. The molecule has 1 atom stereocenters. The summed E-state index contributed by atoms with van der Waals surface area (Å²) >= 11 is 0. The van der Waals surface area contributed by atoms with Gasteiger partial charge >= 0.3 is 5.97 Å². The summed E-state index contributed by atoms with van der Waals surface area (Å²) in [7, 11) is 0. The molecule has 1 aliphatic rings. The Morgan fingerprint density at radius 2 is 2.20 bits per heavy atom. The van der Waals surface area contributed by atoms with E-state index in [1.54, 1.807) is 12.1 Å². The Kier molecular flexibility index (Phi) is 4.80. The summed E-state index contributed by atoms with van der Waals surface area (Å²) in [6.45, 7) is 2.66. The van der Waals surface area contributed by atoms with Crippen molar-refractivity contribution in [3.05, 3.63) is 40.4 Å². The summed E-state index contributed by atoms with van der Waals surface area (Å²) in [5.41, 5.74) is 1.39. The average Bonchev–Trinajstić information content (AvgIpc) is 2.61. The van der Waals surface area contributed by atoms with Crippen LogP contribution in [0.25, 0.3) is 10.9 Å². The van der Waals surface area contributed by atoms with Crippen LogP contribution in [0.2, 0.25) is 0 Å². The zero-order chi connectivity index (χ0) is 18.0. The van der Waals surface area contributed by atoms with Gasteiger partial charge in [0.25, 0.3) is 5.56 Å². The number of carboxylic acids is 1. The van der Waals surface area contributed by atoms with Gasteiger partial charge < -0.3 is 14.7 Å². The van der Waals surface area contributed by atoms with Gasteiger partial charge in [0.05, 0.1) is 30.4 Å². The van der Waals surface area contributed by atoms with Crippen LogP contribution in [-0.2, 0) is 20.9 Å². The minimum atomic E-state index is -1.08. The highest BCUT2D eigenvalue weighted by molar-refractivity contribution is 5.81. The van der Waals surface area contributed by atoms with Crippen molar-refractivity contribution in [2.75, 3.05) is 19.7 Å². The van der Waals surface area contributed by atoms with Crippen LogP contribution in [-0.4, -0.2) is 57.2 Å². The van der Waals surface area contributed by atoms with E-state index in [4.69, 9.17) is 9.84 Å². The van der Waals surface area contributed by atoms with Gasteiger partial charge in [0.2, 0.25) is 5.91 Å². The van der Waals surface area contributed by atoms with Gasteiger partial charge in [0, 0.05) is 19.5 Å². The molecule has 8 nitrogen and oxygen atoms in total. The number of aromatic nitrogens is 2. The van der Waals surface area contributed by atoms with E-state index in [2.05, 4.69) is 4.98 Å². The molecule has 0 radical (unpaired) electrons. The fourth-order valence-corrected chi connectivity index (χ4v) is 2.90. The molecule has 1 unspecified atom stereocenters. The molecule has 0 spiro atoms. The third kappa shape index (κ3) is 3.53. The number of hydrogen-bond acceptors (Lipinski definition) is 5. The van der Waals surface area contributed by atoms with Crippen molar-refractivity contribution in [1.29, 1.82) is 0 Å². The van der Waals surface area contributed by atoms with Crippen molar-refractivity contribution in [3.8, 4) is 0 Å². The lowest BCUT2D eigenvalue weighted by Crippen LogP contribution is -2.48. The fourth-order valence-electron chi connectivity index (χ4n) is 2.90. The first-order valence-electron chi connectivity index (χ1n) is 8.04. The zero-order valence-corrected chi connectivity index (χ0v) is 13.8. The number of aryl methyl sites for hydroxylation is 2. The van der Waals surface area contributed by atoms with Gasteiger partial charge in [-0.05, 0) is 18.6 Å². The van der Waals surface area contributed by atoms with Crippen molar-refractivity contribution >= 4 is 22.8 Å². The summed E-state index contributed by atoms with van der Waals surface area (Å²) in [6, 6.07) is 5.41. The molecule has 1 saturated heterocycles. The smallest absolute Gasteiger partial charge is 0.334 e. The molecule has 132 valence electrons. The highest BCUT2D eigenvalue weighted by Crippen LogP contribution is 2.12. The second-order valence-electron chi connectivity index (χ2n) is 6.00. The largest absolute Gasteiger partial charge is 0.479 e. The van der Waals surface area contributed by atoms with Gasteiger partial charge in [0.1, 0.15) is 0 Å². The molecule has 2 aromatic rings. The Morgan fingerprint density at radius 3 is 2.96 bits per heavy atom. The highest BCUT2D eigenvalue weighted by atomic mass is 16.5. The number of aliphatic carboxylic acids is 1. The lowest BCUT2D eigenvalue weighted by molar-refractivity contribution is -0.159. The third-order valence-corrected chi connectivity index (χ3v) is 4.32. The van der Waals surface area contributed by atoms with E-state index in [0.717, 1.165) is 5.56 Å². The molecule has 1 aromatic carbocycles. The Balaban J connectivity index is 1.70. The maximum absolute atomic E-state index is 12.5. The quantitative estimate of drug-likeness (QED) is 0.861. The maximum atomic E-state index is 12.5. The first-order valence-corrected chi connectivity index (χ1v) is 8.04. The number of benzene rings is 1. The number of amides is 1. The van der Waals surface area contributed by atoms with E-state index in [-0.39, 0.29) is 37.6 Å². The van der Waals surface area contributed by atoms with E-state index < -0.39 is 12.1 Å². The second kappa shape index (κ2) is 7.02. The van der Waals surface area contributed by atoms with Crippen molar-refractivity contribution in [1.82, 2.24) is 14.5 Å². The van der Waals surface area contributed by atoms with Crippen molar-refractivity contribution < 1.29 is 19.4 Å². The molecule has 0 saturated carbocycles. The highest BCUT2D eigenvalue weighted by Gasteiger charge is 2.28. The molecule has 1 aromatic heterocycles. The van der Waals surface area contributed by atoms with Crippen LogP contribution in [0.3, 0.4) is 0 Å². The Bertz CT molecular complexity index is 876. The minimum absolute atomic E-state index is 0.0260. The van der Waals surface area contributed by atoms with Crippen molar-refractivity contribution in [3.63, 3.8) is 0 Å². The van der Waals surface area contributed by atoms with Gasteiger partial charge in [-0.15, -0.1) is 0 Å². The van der Waals surface area contributed by atoms with Gasteiger partial charge in [-0.2, -0.15) is 0 Å². The van der Waals surface area contributed by atoms with Gasteiger partial charge in [0.15, 0.2) is 6.10 Å². The van der Waals surface area contributed by atoms with Gasteiger partial charge in [-0.1, -0.05) is 12.1 Å². The number of para-hydroxylation sites is 1. The summed E-state index contributed by atoms with van der Waals surface area (Å²) < 4.78 is 6.51.